The van der Waals surface area contributed by atoms with Crippen molar-refractivity contribution in [1.29, 1.82) is 0 Å². The highest BCUT2D eigenvalue weighted by molar-refractivity contribution is 5.82. The number of methoxy groups -OCH3 is 1. The monoisotopic (exact) mass is 321 g/mol. The first-order valence-corrected chi connectivity index (χ1v) is 7.02. The number of carbonyl (C=O) groups is 2. The topological polar surface area (TPSA) is 127 Å². The highest BCUT2D eigenvalue weighted by Crippen LogP contribution is 2.09. The van der Waals surface area contributed by atoms with Gasteiger partial charge in [-0.2, -0.15) is 5.10 Å². The average molecular weight is 321 g/mol. The molecule has 0 aliphatic heterocycles. The van der Waals surface area contributed by atoms with Crippen molar-refractivity contribution in [1.82, 2.24) is 30.5 Å². The Bertz CT molecular complexity index is 672. The summed E-state index contributed by atoms with van der Waals surface area (Å²) in [6, 6.07) is 0. The molecule has 0 unspecified atom stereocenters. The Hall–Kier alpha value is -2.91. The minimum Gasteiger partial charge on any atom is -0.453 e. The predicted molar refractivity (Wildman–Crippen MR) is 80.8 cm³/mol. The van der Waals surface area contributed by atoms with Gasteiger partial charge in [-0.05, 0) is 25.8 Å². The summed E-state index contributed by atoms with van der Waals surface area (Å²) in [5, 5.41) is 19.6. The lowest BCUT2D eigenvalue weighted by atomic mass is 10.1. The molecular formula is C13H19N7O3. The number of H-pyrrole nitrogens is 1. The fraction of sp³-hybridized carbons (Fsp3) is 0.462. The first-order chi connectivity index (χ1) is 11.0. The smallest absolute Gasteiger partial charge is 0.412 e. The zero-order valence-electron chi connectivity index (χ0n) is 13.2. The van der Waals surface area contributed by atoms with Crippen LogP contribution in [0, 0.1) is 13.8 Å². The lowest BCUT2D eigenvalue weighted by Crippen LogP contribution is -2.29. The Balaban J connectivity index is 1.78. The normalized spacial score (nSPS) is 10.4. The highest BCUT2D eigenvalue weighted by atomic mass is 16.5. The number of aromatic amines is 1. The van der Waals surface area contributed by atoms with Gasteiger partial charge in [0.1, 0.15) is 6.54 Å². The van der Waals surface area contributed by atoms with E-state index < -0.39 is 6.09 Å². The van der Waals surface area contributed by atoms with Gasteiger partial charge in [-0.1, -0.05) is 5.21 Å². The second-order valence-corrected chi connectivity index (χ2v) is 4.93. The first kappa shape index (κ1) is 16.5. The fourth-order valence-corrected chi connectivity index (χ4v) is 2.06. The van der Waals surface area contributed by atoms with Gasteiger partial charge in [0.15, 0.2) is 5.82 Å². The highest BCUT2D eigenvalue weighted by Gasteiger charge is 2.10. The van der Waals surface area contributed by atoms with Crippen molar-refractivity contribution in [2.75, 3.05) is 19.0 Å². The molecule has 0 spiro atoms. The Morgan fingerprint density at radius 2 is 2.17 bits per heavy atom. The van der Waals surface area contributed by atoms with E-state index in [2.05, 4.69) is 35.9 Å². The molecule has 0 aromatic carbocycles. The second-order valence-electron chi connectivity index (χ2n) is 4.93. The number of amides is 2. The van der Waals surface area contributed by atoms with Crippen LogP contribution in [-0.4, -0.2) is 50.8 Å². The van der Waals surface area contributed by atoms with E-state index in [0.717, 1.165) is 17.0 Å². The van der Waals surface area contributed by atoms with E-state index in [9.17, 15) is 9.59 Å². The number of hydrogen-bond acceptors (Lipinski definition) is 6. The van der Waals surface area contributed by atoms with Crippen LogP contribution in [-0.2, 0) is 22.5 Å². The van der Waals surface area contributed by atoms with Crippen LogP contribution < -0.4 is 10.6 Å². The maximum atomic E-state index is 11.9. The minimum absolute atomic E-state index is 0.0131. The van der Waals surface area contributed by atoms with Crippen LogP contribution in [0.2, 0.25) is 0 Å². The second kappa shape index (κ2) is 7.38. The van der Waals surface area contributed by atoms with Crippen LogP contribution in [0.1, 0.15) is 17.0 Å². The molecule has 0 aliphatic rings. The zero-order valence-corrected chi connectivity index (χ0v) is 13.2. The number of aryl methyl sites for hydroxylation is 2. The van der Waals surface area contributed by atoms with Crippen LogP contribution in [0.25, 0.3) is 0 Å². The Morgan fingerprint density at radius 3 is 2.83 bits per heavy atom. The zero-order chi connectivity index (χ0) is 16.8. The van der Waals surface area contributed by atoms with Crippen LogP contribution in [0.3, 0.4) is 0 Å². The van der Waals surface area contributed by atoms with E-state index >= 15 is 0 Å². The Labute approximate surface area is 132 Å². The fourth-order valence-electron chi connectivity index (χ4n) is 2.06. The molecule has 2 amide bonds. The number of aromatic nitrogens is 5. The Kier molecular flexibility index (Phi) is 5.28. The maximum Gasteiger partial charge on any atom is 0.412 e. The van der Waals surface area contributed by atoms with Crippen molar-refractivity contribution in [2.24, 2.45) is 0 Å². The first-order valence-electron chi connectivity index (χ1n) is 7.02. The molecule has 0 fully saturated rings. The standard InChI is InChI=1S/C13H19N7O3/c1-8-10(9(2)17-16-8)4-5-14-12(21)7-20-6-11(18-19-20)15-13(22)23-3/h6H,4-5,7H2,1-3H3,(H,14,21)(H,15,22)(H,16,17). The molecule has 10 nitrogen and oxygen atoms in total. The summed E-state index contributed by atoms with van der Waals surface area (Å²) < 4.78 is 5.77. The van der Waals surface area contributed by atoms with Crippen molar-refractivity contribution in [3.05, 3.63) is 23.1 Å². The van der Waals surface area contributed by atoms with Crippen LogP contribution in [0.5, 0.6) is 0 Å². The number of rotatable bonds is 6. The van der Waals surface area contributed by atoms with Gasteiger partial charge in [-0.3, -0.25) is 15.2 Å². The molecule has 2 aromatic rings. The molecule has 0 saturated heterocycles. The predicted octanol–water partition coefficient (Wildman–Crippen LogP) is 0.155. The number of carbonyl (C=O) groups excluding carboxylic acids is 2. The molecule has 2 aromatic heterocycles. The molecule has 0 radical (unpaired) electrons. The molecule has 124 valence electrons. The van der Waals surface area contributed by atoms with Crippen molar-refractivity contribution in [3.8, 4) is 0 Å². The SMILES string of the molecule is COC(=O)Nc1cn(CC(=O)NCCc2c(C)n[nH]c2C)nn1. The molecule has 0 aliphatic carbocycles. The van der Waals surface area contributed by atoms with Gasteiger partial charge in [0, 0.05) is 12.2 Å². The molecule has 0 saturated carbocycles. The molecule has 0 atom stereocenters. The number of hydrogen-bond donors (Lipinski definition) is 3. The summed E-state index contributed by atoms with van der Waals surface area (Å²) in [6.45, 7) is 4.38. The lowest BCUT2D eigenvalue weighted by Gasteiger charge is -2.05. The average Bonchev–Trinajstić information content (AvgIpc) is 3.07. The van der Waals surface area contributed by atoms with Crippen molar-refractivity contribution >= 4 is 17.8 Å². The lowest BCUT2D eigenvalue weighted by molar-refractivity contribution is -0.121. The third kappa shape index (κ3) is 4.53. The minimum atomic E-state index is -0.646. The van der Waals surface area contributed by atoms with Gasteiger partial charge in [-0.25, -0.2) is 9.48 Å². The molecule has 2 heterocycles. The van der Waals surface area contributed by atoms with Gasteiger partial charge >= 0.3 is 6.09 Å². The van der Waals surface area contributed by atoms with Gasteiger partial charge in [0.2, 0.25) is 5.91 Å². The van der Waals surface area contributed by atoms with Gasteiger partial charge in [0.05, 0.1) is 19.0 Å². The number of nitrogens with one attached hydrogen (secondary N) is 3. The Morgan fingerprint density at radius 1 is 1.39 bits per heavy atom. The van der Waals surface area contributed by atoms with E-state index in [0.29, 0.717) is 13.0 Å². The van der Waals surface area contributed by atoms with Crippen molar-refractivity contribution in [3.63, 3.8) is 0 Å². The molecule has 0 bridgehead atoms. The van der Waals surface area contributed by atoms with E-state index in [1.165, 1.54) is 18.0 Å². The maximum absolute atomic E-state index is 11.9. The quantitative estimate of drug-likeness (QED) is 0.695. The van der Waals surface area contributed by atoms with Crippen LogP contribution >= 0.6 is 0 Å². The summed E-state index contributed by atoms with van der Waals surface area (Å²) in [5.41, 5.74) is 3.05. The number of nitrogens with zero attached hydrogens (tertiary/aromatic N) is 4. The molecule has 23 heavy (non-hydrogen) atoms. The summed E-state index contributed by atoms with van der Waals surface area (Å²) in [5.74, 6) is 0.0209. The van der Waals surface area contributed by atoms with E-state index in [-0.39, 0.29) is 18.3 Å². The largest absolute Gasteiger partial charge is 0.453 e. The summed E-state index contributed by atoms with van der Waals surface area (Å²) in [4.78, 5) is 22.9. The molecular weight excluding hydrogens is 302 g/mol. The summed E-state index contributed by atoms with van der Waals surface area (Å²) in [6.07, 6.45) is 1.50. The van der Waals surface area contributed by atoms with Gasteiger partial charge in [-0.15, -0.1) is 5.10 Å². The number of anilines is 1. The van der Waals surface area contributed by atoms with Crippen LogP contribution in [0.4, 0.5) is 10.6 Å². The third-order valence-electron chi connectivity index (χ3n) is 3.24. The molecule has 2 rings (SSSR count). The summed E-state index contributed by atoms with van der Waals surface area (Å²) >= 11 is 0. The molecule has 3 N–H and O–H groups in total. The van der Waals surface area contributed by atoms with Crippen molar-refractivity contribution in [2.45, 2.75) is 26.8 Å². The van der Waals surface area contributed by atoms with Crippen molar-refractivity contribution < 1.29 is 14.3 Å². The third-order valence-corrected chi connectivity index (χ3v) is 3.24. The summed E-state index contributed by atoms with van der Waals surface area (Å²) in [7, 11) is 1.25. The van der Waals surface area contributed by atoms with E-state index in [4.69, 9.17) is 0 Å². The molecule has 10 heteroatoms. The van der Waals surface area contributed by atoms with Gasteiger partial charge < -0.3 is 10.1 Å². The van der Waals surface area contributed by atoms with E-state index in [1.807, 2.05) is 13.8 Å². The number of ether oxygens (including phenoxy) is 1. The van der Waals surface area contributed by atoms with E-state index in [1.54, 1.807) is 0 Å². The van der Waals surface area contributed by atoms with Gasteiger partial charge in [0.25, 0.3) is 0 Å². The van der Waals surface area contributed by atoms with Crippen LogP contribution in [0.15, 0.2) is 6.20 Å².